The summed E-state index contributed by atoms with van der Waals surface area (Å²) in [5.74, 6) is 0.537. The van der Waals surface area contributed by atoms with Crippen LogP contribution in [-0.4, -0.2) is 32.5 Å². The van der Waals surface area contributed by atoms with Crippen molar-refractivity contribution in [2.75, 3.05) is 20.3 Å². The molecule has 26 heavy (non-hydrogen) atoms. The van der Waals surface area contributed by atoms with Crippen molar-refractivity contribution in [3.8, 4) is 11.5 Å². The second-order valence-electron chi connectivity index (χ2n) is 5.19. The lowest BCUT2D eigenvalue weighted by Crippen LogP contribution is -2.14. The average molecular weight is 377 g/mol. The topological polar surface area (TPSA) is 69.2 Å². The quantitative estimate of drug-likeness (QED) is 0.412. The first-order chi connectivity index (χ1) is 12.6. The van der Waals surface area contributed by atoms with E-state index < -0.39 is 5.97 Å². The average Bonchev–Trinajstić information content (AvgIpc) is 2.65. The highest BCUT2D eigenvalue weighted by Crippen LogP contribution is 2.27. The summed E-state index contributed by atoms with van der Waals surface area (Å²) in [6.45, 7) is 2.41. The molecule has 0 saturated carbocycles. The van der Waals surface area contributed by atoms with E-state index in [4.69, 9.17) is 25.8 Å². The summed E-state index contributed by atoms with van der Waals surface area (Å²) >= 11 is 6.09. The van der Waals surface area contributed by atoms with E-state index in [0.717, 1.165) is 11.1 Å². The molecular formula is C19H21ClN2O4. The third kappa shape index (κ3) is 5.97. The van der Waals surface area contributed by atoms with Gasteiger partial charge in [-0.15, -0.1) is 0 Å². The van der Waals surface area contributed by atoms with Gasteiger partial charge in [-0.1, -0.05) is 29.8 Å². The number of rotatable bonds is 9. The summed E-state index contributed by atoms with van der Waals surface area (Å²) in [6.07, 6.45) is 1.66. The number of hydrazone groups is 1. The molecule has 7 heteroatoms. The molecule has 0 aliphatic rings. The zero-order valence-corrected chi connectivity index (χ0v) is 15.5. The fourth-order valence-electron chi connectivity index (χ4n) is 2.12. The Bertz CT molecular complexity index is 765. The normalized spacial score (nSPS) is 10.6. The molecule has 0 amide bonds. The van der Waals surface area contributed by atoms with Gasteiger partial charge in [0.05, 0.1) is 26.5 Å². The lowest BCUT2D eigenvalue weighted by atomic mass is 10.2. The van der Waals surface area contributed by atoms with Crippen molar-refractivity contribution in [2.45, 2.75) is 13.5 Å². The fourth-order valence-corrected chi connectivity index (χ4v) is 2.32. The first-order valence-electron chi connectivity index (χ1n) is 8.09. The highest BCUT2D eigenvalue weighted by atomic mass is 35.5. The monoisotopic (exact) mass is 376 g/mol. The van der Waals surface area contributed by atoms with E-state index in [0.29, 0.717) is 29.7 Å². The van der Waals surface area contributed by atoms with Gasteiger partial charge in [-0.05, 0) is 42.3 Å². The molecule has 0 aliphatic heterocycles. The minimum Gasteiger partial charge on any atom is -0.493 e. The molecule has 0 atom stereocenters. The van der Waals surface area contributed by atoms with Crippen molar-refractivity contribution in [1.82, 2.24) is 5.43 Å². The molecule has 2 aromatic carbocycles. The van der Waals surface area contributed by atoms with Crippen LogP contribution in [0.3, 0.4) is 0 Å². The van der Waals surface area contributed by atoms with Crippen LogP contribution in [0.15, 0.2) is 47.6 Å². The molecule has 0 bridgehead atoms. The maximum absolute atomic E-state index is 11.4. The number of esters is 1. The number of halogens is 1. The van der Waals surface area contributed by atoms with Crippen molar-refractivity contribution in [3.05, 3.63) is 58.6 Å². The predicted molar refractivity (Wildman–Crippen MR) is 101 cm³/mol. The van der Waals surface area contributed by atoms with Gasteiger partial charge < -0.3 is 19.6 Å². The van der Waals surface area contributed by atoms with E-state index in [1.807, 2.05) is 30.3 Å². The fraction of sp³-hybridized carbons (Fsp3) is 0.263. The van der Waals surface area contributed by atoms with Crippen molar-refractivity contribution < 1.29 is 19.0 Å². The Morgan fingerprint density at radius 3 is 2.77 bits per heavy atom. The van der Waals surface area contributed by atoms with Crippen LogP contribution >= 0.6 is 11.6 Å². The number of carbonyl (C=O) groups is 1. The first-order valence-corrected chi connectivity index (χ1v) is 8.47. The van der Waals surface area contributed by atoms with Crippen molar-refractivity contribution >= 4 is 23.8 Å². The number of benzene rings is 2. The summed E-state index contributed by atoms with van der Waals surface area (Å²) in [4.78, 5) is 11.4. The second kappa shape index (κ2) is 10.3. The highest BCUT2D eigenvalue weighted by Gasteiger charge is 2.08. The van der Waals surface area contributed by atoms with Crippen molar-refractivity contribution in [2.24, 2.45) is 5.10 Å². The number of ether oxygens (including phenoxy) is 3. The summed E-state index contributed by atoms with van der Waals surface area (Å²) in [5.41, 5.74) is 4.73. The summed E-state index contributed by atoms with van der Waals surface area (Å²) in [5, 5.41) is 4.87. The molecule has 1 N–H and O–H groups in total. The number of methoxy groups -OCH3 is 1. The Kier molecular flexibility index (Phi) is 7.76. The van der Waals surface area contributed by atoms with Gasteiger partial charge in [0.25, 0.3) is 0 Å². The Morgan fingerprint density at radius 2 is 2.04 bits per heavy atom. The third-order valence-electron chi connectivity index (χ3n) is 3.37. The molecule has 0 fully saturated rings. The van der Waals surface area contributed by atoms with Crippen LogP contribution in [0.2, 0.25) is 5.02 Å². The molecular weight excluding hydrogens is 356 g/mol. The Hall–Kier alpha value is -2.73. The molecule has 0 aliphatic carbocycles. The predicted octanol–water partition coefficient (Wildman–Crippen LogP) is 3.41. The summed E-state index contributed by atoms with van der Waals surface area (Å²) in [7, 11) is 1.53. The molecule has 2 aromatic rings. The van der Waals surface area contributed by atoms with E-state index in [9.17, 15) is 4.79 Å². The Balaban J connectivity index is 1.93. The molecule has 0 unspecified atom stereocenters. The maximum Gasteiger partial charge on any atom is 0.344 e. The summed E-state index contributed by atoms with van der Waals surface area (Å²) in [6, 6.07) is 12.9. The van der Waals surface area contributed by atoms with E-state index in [1.54, 1.807) is 25.3 Å². The number of hydrogen-bond acceptors (Lipinski definition) is 6. The van der Waals surface area contributed by atoms with Crippen LogP contribution in [0.25, 0.3) is 0 Å². The van der Waals surface area contributed by atoms with Gasteiger partial charge in [0, 0.05) is 5.02 Å². The van der Waals surface area contributed by atoms with Crippen LogP contribution in [0.4, 0.5) is 0 Å². The van der Waals surface area contributed by atoms with Gasteiger partial charge in [-0.25, -0.2) is 4.79 Å². The Morgan fingerprint density at radius 1 is 1.23 bits per heavy atom. The SMILES string of the molecule is CCOC(=O)COc1ccc(/C=N\NCc2ccccc2Cl)cc1OC. The molecule has 2 rings (SSSR count). The molecule has 138 valence electrons. The minimum absolute atomic E-state index is 0.170. The standard InChI is InChI=1S/C19H21ClN2O4/c1-3-25-19(23)13-26-17-9-8-14(10-18(17)24-2)11-21-22-12-15-6-4-5-7-16(15)20/h4-11,22H,3,12-13H2,1-2H3/b21-11-. The lowest BCUT2D eigenvalue weighted by Gasteiger charge is -2.10. The van der Waals surface area contributed by atoms with Gasteiger partial charge >= 0.3 is 5.97 Å². The smallest absolute Gasteiger partial charge is 0.344 e. The van der Waals surface area contributed by atoms with Gasteiger partial charge in [-0.3, -0.25) is 0 Å². The van der Waals surface area contributed by atoms with Crippen LogP contribution in [0.5, 0.6) is 11.5 Å². The zero-order chi connectivity index (χ0) is 18.8. The van der Waals surface area contributed by atoms with Gasteiger partial charge in [0.15, 0.2) is 18.1 Å². The van der Waals surface area contributed by atoms with E-state index >= 15 is 0 Å². The van der Waals surface area contributed by atoms with Crippen molar-refractivity contribution in [3.63, 3.8) is 0 Å². The second-order valence-corrected chi connectivity index (χ2v) is 5.60. The highest BCUT2D eigenvalue weighted by molar-refractivity contribution is 6.31. The first kappa shape index (κ1) is 19.6. The van der Waals surface area contributed by atoms with Crippen LogP contribution in [-0.2, 0) is 16.1 Å². The van der Waals surface area contributed by atoms with E-state index in [2.05, 4.69) is 10.5 Å². The largest absolute Gasteiger partial charge is 0.493 e. The lowest BCUT2D eigenvalue weighted by molar-refractivity contribution is -0.145. The molecule has 0 heterocycles. The third-order valence-corrected chi connectivity index (χ3v) is 3.74. The minimum atomic E-state index is -0.427. The van der Waals surface area contributed by atoms with Gasteiger partial charge in [0.2, 0.25) is 0 Å². The number of nitrogens with zero attached hydrogens (tertiary/aromatic N) is 1. The maximum atomic E-state index is 11.4. The molecule has 0 aromatic heterocycles. The van der Waals surface area contributed by atoms with Gasteiger partial charge in [0.1, 0.15) is 0 Å². The van der Waals surface area contributed by atoms with E-state index in [1.165, 1.54) is 7.11 Å². The van der Waals surface area contributed by atoms with Crippen LogP contribution in [0, 0.1) is 0 Å². The molecule has 0 saturated heterocycles. The van der Waals surface area contributed by atoms with Crippen molar-refractivity contribution in [1.29, 1.82) is 0 Å². The molecule has 6 nitrogen and oxygen atoms in total. The van der Waals surface area contributed by atoms with Crippen LogP contribution < -0.4 is 14.9 Å². The summed E-state index contributed by atoms with van der Waals surface area (Å²) < 4.78 is 15.5. The Labute approximate surface area is 157 Å². The number of hydrogen-bond donors (Lipinski definition) is 1. The number of carbonyl (C=O) groups excluding carboxylic acids is 1. The molecule has 0 spiro atoms. The molecule has 0 radical (unpaired) electrons. The van der Waals surface area contributed by atoms with E-state index in [-0.39, 0.29) is 6.61 Å². The number of nitrogens with one attached hydrogen (secondary N) is 1. The van der Waals surface area contributed by atoms with Gasteiger partial charge in [-0.2, -0.15) is 5.10 Å². The zero-order valence-electron chi connectivity index (χ0n) is 14.7. The van der Waals surface area contributed by atoms with Crippen LogP contribution in [0.1, 0.15) is 18.1 Å².